The molecule has 0 aromatic rings. The third-order valence-corrected chi connectivity index (χ3v) is 1.49. The van der Waals surface area contributed by atoms with Gasteiger partial charge in [0.25, 0.3) is 10.2 Å². The molecule has 0 fully saturated rings. The number of hydrazine groups is 1. The van der Waals surface area contributed by atoms with E-state index in [0.29, 0.717) is 18.1 Å². The van der Waals surface area contributed by atoms with E-state index in [0.717, 1.165) is 13.1 Å². The molecule has 0 saturated carbocycles. The highest BCUT2D eigenvalue weighted by Crippen LogP contribution is 1.85. The van der Waals surface area contributed by atoms with Gasteiger partial charge in [-0.1, -0.05) is 6.92 Å². The average molecular weight is 177 g/mol. The first-order valence-corrected chi connectivity index (χ1v) is 4.05. The number of hydrogen-bond donors (Lipinski definition) is 3. The van der Waals surface area contributed by atoms with Crippen LogP contribution in [0.2, 0.25) is 0 Å². The standard InChI is InChI=1S/C6H16N4O2/c1-3-7-5-6-9(4-2)10(12)8-11/h7,12H,3-6H2,1-2H3/p+1. The second-order valence-electron chi connectivity index (χ2n) is 2.26. The maximum atomic E-state index is 8.93. The molecular formula is C6H17N4O2+. The van der Waals surface area contributed by atoms with Crippen molar-refractivity contribution in [1.29, 1.82) is 0 Å². The molecule has 12 heavy (non-hydrogen) atoms. The van der Waals surface area contributed by atoms with Crippen LogP contribution >= 0.6 is 0 Å². The van der Waals surface area contributed by atoms with Crippen LogP contribution in [0.5, 0.6) is 0 Å². The summed E-state index contributed by atoms with van der Waals surface area (Å²) in [7, 11) is 0. The van der Waals surface area contributed by atoms with E-state index in [4.69, 9.17) is 10.4 Å². The SMILES string of the molecule is CCNCCN(CC)[N+](O)=NO. The van der Waals surface area contributed by atoms with Crippen molar-refractivity contribution in [3.63, 3.8) is 0 Å². The number of likely N-dealkylation sites (N-methyl/N-ethyl adjacent to an activating group) is 2. The molecule has 0 aromatic carbocycles. The molecule has 72 valence electrons. The zero-order valence-corrected chi connectivity index (χ0v) is 7.56. The van der Waals surface area contributed by atoms with Crippen LogP contribution in [-0.4, -0.2) is 46.6 Å². The second kappa shape index (κ2) is 6.66. The van der Waals surface area contributed by atoms with Crippen LogP contribution in [0.4, 0.5) is 0 Å². The molecule has 6 heteroatoms. The van der Waals surface area contributed by atoms with Crippen molar-refractivity contribution in [2.75, 3.05) is 26.2 Å². The van der Waals surface area contributed by atoms with E-state index in [1.807, 2.05) is 13.8 Å². The van der Waals surface area contributed by atoms with Gasteiger partial charge >= 0.3 is 0 Å². The fourth-order valence-electron chi connectivity index (χ4n) is 0.816. The van der Waals surface area contributed by atoms with Crippen LogP contribution in [0.1, 0.15) is 13.8 Å². The summed E-state index contributed by atoms with van der Waals surface area (Å²) in [6, 6.07) is 0. The van der Waals surface area contributed by atoms with Gasteiger partial charge in [0.1, 0.15) is 0 Å². The Hall–Kier alpha value is -1.04. The summed E-state index contributed by atoms with van der Waals surface area (Å²) < 4.78 is 0. The molecule has 0 saturated heterocycles. The Kier molecular flexibility index (Phi) is 6.08. The van der Waals surface area contributed by atoms with Gasteiger partial charge in [-0.05, 0) is 13.5 Å². The van der Waals surface area contributed by atoms with E-state index in [9.17, 15) is 0 Å². The highest BCUT2D eigenvalue weighted by Gasteiger charge is 2.14. The van der Waals surface area contributed by atoms with Crippen LogP contribution in [0.15, 0.2) is 5.28 Å². The van der Waals surface area contributed by atoms with E-state index < -0.39 is 0 Å². The maximum absolute atomic E-state index is 8.93. The Balaban J connectivity index is 3.68. The molecule has 0 aliphatic heterocycles. The molecule has 0 spiro atoms. The Bertz CT molecular complexity index is 140. The fourth-order valence-corrected chi connectivity index (χ4v) is 0.816. The summed E-state index contributed by atoms with van der Waals surface area (Å²) >= 11 is 0. The van der Waals surface area contributed by atoms with Gasteiger partial charge in [0, 0.05) is 6.54 Å². The summed E-state index contributed by atoms with van der Waals surface area (Å²) in [5, 5.41) is 24.4. The van der Waals surface area contributed by atoms with E-state index in [2.05, 4.69) is 10.6 Å². The Morgan fingerprint density at radius 1 is 1.50 bits per heavy atom. The Morgan fingerprint density at radius 2 is 2.17 bits per heavy atom. The molecule has 0 amide bonds. The summed E-state index contributed by atoms with van der Waals surface area (Å²) in [4.78, 5) is 0.442. The zero-order chi connectivity index (χ0) is 9.40. The lowest BCUT2D eigenvalue weighted by Gasteiger charge is -2.09. The number of nitrogens with zero attached hydrogens (tertiary/aromatic N) is 3. The quantitative estimate of drug-likeness (QED) is 0.232. The monoisotopic (exact) mass is 177 g/mol. The average Bonchev–Trinajstić information content (AvgIpc) is 2.11. The molecule has 0 aliphatic rings. The van der Waals surface area contributed by atoms with Gasteiger partial charge in [-0.25, -0.2) is 5.21 Å². The van der Waals surface area contributed by atoms with E-state index in [1.165, 1.54) is 5.01 Å². The topological polar surface area (TPSA) is 71.1 Å². The van der Waals surface area contributed by atoms with Crippen LogP contribution < -0.4 is 5.32 Å². The minimum absolute atomic E-state index is 0.442. The molecule has 3 N–H and O–H groups in total. The van der Waals surface area contributed by atoms with Crippen LogP contribution in [0, 0.1) is 0 Å². The Labute approximate surface area is 72.0 Å². The van der Waals surface area contributed by atoms with Gasteiger partial charge < -0.3 is 10.5 Å². The molecule has 0 heterocycles. The number of nitrogens with one attached hydrogen (secondary N) is 1. The first-order chi connectivity index (χ1) is 5.76. The molecule has 0 atom stereocenters. The normalized spacial score (nSPS) is 11.7. The highest BCUT2D eigenvalue weighted by atomic mass is 16.6. The molecule has 6 nitrogen and oxygen atoms in total. The van der Waals surface area contributed by atoms with Crippen LogP contribution in [0.3, 0.4) is 0 Å². The number of rotatable bonds is 6. The predicted molar refractivity (Wildman–Crippen MR) is 42.1 cm³/mol. The largest absolute Gasteiger partial charge is 0.357 e. The van der Waals surface area contributed by atoms with Gasteiger partial charge in [-0.2, -0.15) is 0 Å². The van der Waals surface area contributed by atoms with Crippen molar-refractivity contribution in [2.45, 2.75) is 13.8 Å². The molecule has 0 aliphatic carbocycles. The molecule has 0 unspecified atom stereocenters. The predicted octanol–water partition coefficient (Wildman–Crippen LogP) is 0.0759. The lowest BCUT2D eigenvalue weighted by molar-refractivity contribution is -0.940. The minimum atomic E-state index is 0.442. The molecular weight excluding hydrogens is 160 g/mol. The summed E-state index contributed by atoms with van der Waals surface area (Å²) in [5.74, 6) is 0. The van der Waals surface area contributed by atoms with Gasteiger partial charge in [0.05, 0.1) is 13.1 Å². The third-order valence-electron chi connectivity index (χ3n) is 1.49. The summed E-state index contributed by atoms with van der Waals surface area (Å²) in [6.45, 7) is 6.69. The summed E-state index contributed by atoms with van der Waals surface area (Å²) in [6.07, 6.45) is 0. The molecule has 0 rings (SSSR count). The number of hydrogen-bond acceptors (Lipinski definition) is 2. The fraction of sp³-hybridized carbons (Fsp3) is 1.00. The lowest BCUT2D eigenvalue weighted by Crippen LogP contribution is -2.37. The van der Waals surface area contributed by atoms with Crippen molar-refractivity contribution < 1.29 is 15.4 Å². The lowest BCUT2D eigenvalue weighted by atomic mass is 10.5. The second-order valence-corrected chi connectivity index (χ2v) is 2.26. The van der Waals surface area contributed by atoms with Crippen molar-refractivity contribution in [3.8, 4) is 0 Å². The van der Waals surface area contributed by atoms with E-state index in [1.54, 1.807) is 0 Å². The van der Waals surface area contributed by atoms with Crippen molar-refractivity contribution >= 4 is 0 Å². The maximum Gasteiger partial charge on any atom is 0.271 e. The highest BCUT2D eigenvalue weighted by molar-refractivity contribution is 4.45. The van der Waals surface area contributed by atoms with Crippen molar-refractivity contribution in [2.24, 2.45) is 5.28 Å². The van der Waals surface area contributed by atoms with Gasteiger partial charge in [0.15, 0.2) is 0 Å². The molecule has 0 bridgehead atoms. The minimum Gasteiger partial charge on any atom is -0.357 e. The van der Waals surface area contributed by atoms with Crippen LogP contribution in [0.25, 0.3) is 0 Å². The Morgan fingerprint density at radius 3 is 2.58 bits per heavy atom. The van der Waals surface area contributed by atoms with E-state index in [-0.39, 0.29) is 0 Å². The summed E-state index contributed by atoms with van der Waals surface area (Å²) in [5.41, 5.74) is 0. The smallest absolute Gasteiger partial charge is 0.271 e. The van der Waals surface area contributed by atoms with Crippen molar-refractivity contribution in [3.05, 3.63) is 0 Å². The first kappa shape index (κ1) is 11.0. The molecule has 0 aromatic heterocycles. The van der Waals surface area contributed by atoms with Gasteiger partial charge in [0.2, 0.25) is 0 Å². The van der Waals surface area contributed by atoms with Crippen molar-refractivity contribution in [1.82, 2.24) is 10.3 Å². The first-order valence-electron chi connectivity index (χ1n) is 4.05. The van der Waals surface area contributed by atoms with Gasteiger partial charge in [-0.3, -0.25) is 0 Å². The molecule has 0 radical (unpaired) electrons. The van der Waals surface area contributed by atoms with Crippen LogP contribution in [-0.2, 0) is 0 Å². The van der Waals surface area contributed by atoms with Gasteiger partial charge in [-0.15, -0.1) is 5.01 Å². The van der Waals surface area contributed by atoms with E-state index >= 15 is 0 Å². The third kappa shape index (κ3) is 3.97. The zero-order valence-electron chi connectivity index (χ0n) is 7.56.